The largest absolute Gasteiger partial charge is 0.392 e. The average molecular weight is 359 g/mol. The van der Waals surface area contributed by atoms with E-state index in [9.17, 15) is 17.6 Å². The Kier molecular flexibility index (Phi) is 6.65. The molecular weight excluding hydrogens is 348 g/mol. The zero-order valence-electron chi connectivity index (χ0n) is 10.0. The highest BCUT2D eigenvalue weighted by atomic mass is 79.9. The van der Waals surface area contributed by atoms with Crippen LogP contribution in [-0.2, 0) is 11.9 Å². The van der Waals surface area contributed by atoms with Crippen LogP contribution >= 0.6 is 15.9 Å². The van der Waals surface area contributed by atoms with Gasteiger partial charge >= 0.3 is 13.1 Å². The fourth-order valence-electron chi connectivity index (χ4n) is 1.12. The van der Waals surface area contributed by atoms with Crippen molar-refractivity contribution in [3.8, 4) is 0 Å². The van der Waals surface area contributed by atoms with Crippen LogP contribution in [0, 0.1) is 0 Å². The van der Waals surface area contributed by atoms with Gasteiger partial charge in [-0.2, -0.15) is 27.8 Å². The minimum atomic E-state index is -2.62. The summed E-state index contributed by atoms with van der Waals surface area (Å²) >= 11 is 3.12. The molecule has 112 valence electrons. The summed E-state index contributed by atoms with van der Waals surface area (Å²) in [5.74, 6) is 0. The van der Waals surface area contributed by atoms with Gasteiger partial charge in [-0.3, -0.25) is 0 Å². The van der Waals surface area contributed by atoms with E-state index in [0.717, 1.165) is 11.8 Å². The fraction of sp³-hybridized carbons (Fsp3) is 0.400. The third-order valence-corrected chi connectivity index (χ3v) is 2.69. The number of alkyl halides is 5. The highest BCUT2D eigenvalue weighted by molar-refractivity contribution is 9.08. The van der Waals surface area contributed by atoms with E-state index < -0.39 is 13.1 Å². The summed E-state index contributed by atoms with van der Waals surface area (Å²) in [7, 11) is 0. The molecule has 10 heteroatoms. The molecule has 0 aliphatic rings. The number of hydrogen-bond donors (Lipinski definition) is 1. The fourth-order valence-corrected chi connectivity index (χ4v) is 1.41. The molecule has 20 heavy (non-hydrogen) atoms. The summed E-state index contributed by atoms with van der Waals surface area (Å²) in [6.07, 6.45) is 5.01. The lowest BCUT2D eigenvalue weighted by atomic mass is 10.4. The van der Waals surface area contributed by atoms with Crippen molar-refractivity contribution < 1.29 is 22.7 Å². The normalized spacial score (nSPS) is 10.8. The molecule has 0 saturated heterocycles. The molecule has 0 aliphatic carbocycles. The predicted octanol–water partition coefficient (Wildman–Crippen LogP) is 2.94. The minimum absolute atomic E-state index is 0.257. The molecule has 0 spiro atoms. The first kappa shape index (κ1) is 16.6. The standard InChI is InChI=1S/C5H5BrF2N2.C5H6F2N2O/c6-1-4-2-9-10(3-4)5(7)8;6-5(7)9-2-4(3-10)1-8-9/h2-3,5H,1H2;1-2,5,10H,3H2. The van der Waals surface area contributed by atoms with Crippen LogP contribution < -0.4 is 0 Å². The van der Waals surface area contributed by atoms with Gasteiger partial charge in [0.2, 0.25) is 0 Å². The van der Waals surface area contributed by atoms with Crippen molar-refractivity contribution in [3.63, 3.8) is 0 Å². The highest BCUT2D eigenvalue weighted by Crippen LogP contribution is 2.11. The van der Waals surface area contributed by atoms with Gasteiger partial charge in [-0.15, -0.1) is 0 Å². The van der Waals surface area contributed by atoms with Gasteiger partial charge in [0.25, 0.3) is 0 Å². The van der Waals surface area contributed by atoms with Crippen molar-refractivity contribution in [2.75, 3.05) is 0 Å². The second-order valence-corrected chi connectivity index (χ2v) is 4.06. The second kappa shape index (κ2) is 8.00. The molecule has 0 unspecified atom stereocenters. The monoisotopic (exact) mass is 358 g/mol. The van der Waals surface area contributed by atoms with Crippen LogP contribution in [0.1, 0.15) is 24.2 Å². The van der Waals surface area contributed by atoms with Crippen molar-refractivity contribution >= 4 is 15.9 Å². The van der Waals surface area contributed by atoms with Crippen molar-refractivity contribution in [2.45, 2.75) is 25.0 Å². The maximum Gasteiger partial charge on any atom is 0.333 e. The maximum atomic E-state index is 11.8. The Bertz CT molecular complexity index is 471. The number of aliphatic hydroxyl groups excluding tert-OH is 1. The van der Waals surface area contributed by atoms with E-state index in [2.05, 4.69) is 26.1 Å². The summed E-state index contributed by atoms with van der Waals surface area (Å²) < 4.78 is 48.2. The van der Waals surface area contributed by atoms with Crippen molar-refractivity contribution in [2.24, 2.45) is 0 Å². The second-order valence-electron chi connectivity index (χ2n) is 3.50. The Morgan fingerprint density at radius 1 is 1.00 bits per heavy atom. The van der Waals surface area contributed by atoms with E-state index in [1.165, 1.54) is 18.6 Å². The van der Waals surface area contributed by atoms with Gasteiger partial charge in [0, 0.05) is 28.9 Å². The number of aliphatic hydroxyl groups is 1. The molecule has 0 aromatic carbocycles. The lowest BCUT2D eigenvalue weighted by Crippen LogP contribution is -1.96. The molecule has 5 nitrogen and oxygen atoms in total. The Balaban J connectivity index is 0.000000200. The highest BCUT2D eigenvalue weighted by Gasteiger charge is 2.06. The molecule has 0 radical (unpaired) electrons. The van der Waals surface area contributed by atoms with Gasteiger partial charge < -0.3 is 5.11 Å². The van der Waals surface area contributed by atoms with Crippen LogP contribution in [0.15, 0.2) is 24.8 Å². The minimum Gasteiger partial charge on any atom is -0.392 e. The average Bonchev–Trinajstić information content (AvgIpc) is 3.08. The van der Waals surface area contributed by atoms with E-state index in [1.807, 2.05) is 0 Å². The van der Waals surface area contributed by atoms with Gasteiger partial charge in [-0.1, -0.05) is 15.9 Å². The molecule has 2 aromatic rings. The molecule has 2 aromatic heterocycles. The number of nitrogens with zero attached hydrogens (tertiary/aromatic N) is 4. The summed E-state index contributed by atoms with van der Waals surface area (Å²) in [5.41, 5.74) is 1.14. The number of rotatable bonds is 4. The maximum absolute atomic E-state index is 11.8. The zero-order valence-corrected chi connectivity index (χ0v) is 11.6. The third kappa shape index (κ3) is 4.93. The SMILES string of the molecule is FC(F)n1cc(CBr)cn1.OCc1cnn(C(F)F)c1. The smallest absolute Gasteiger partial charge is 0.333 e. The van der Waals surface area contributed by atoms with Gasteiger partial charge in [0.1, 0.15) is 0 Å². The van der Waals surface area contributed by atoms with E-state index in [1.54, 1.807) is 0 Å². The predicted molar refractivity (Wildman–Crippen MR) is 65.5 cm³/mol. The van der Waals surface area contributed by atoms with E-state index in [4.69, 9.17) is 5.11 Å². The van der Waals surface area contributed by atoms with Gasteiger partial charge in [-0.25, -0.2) is 9.36 Å². The molecule has 0 atom stereocenters. The van der Waals surface area contributed by atoms with Crippen LogP contribution in [0.4, 0.5) is 17.6 Å². The number of halogens is 5. The van der Waals surface area contributed by atoms with E-state index in [-0.39, 0.29) is 6.61 Å². The Hall–Kier alpha value is -1.42. The molecule has 0 bridgehead atoms. The van der Waals surface area contributed by atoms with Crippen molar-refractivity contribution in [3.05, 3.63) is 35.9 Å². The number of hydrogen-bond acceptors (Lipinski definition) is 3. The van der Waals surface area contributed by atoms with Gasteiger partial charge in [-0.05, 0) is 0 Å². The quantitative estimate of drug-likeness (QED) is 0.675. The lowest BCUT2D eigenvalue weighted by molar-refractivity contribution is 0.0560. The molecule has 0 saturated carbocycles. The van der Waals surface area contributed by atoms with Gasteiger partial charge in [0.05, 0.1) is 19.0 Å². The first-order chi connectivity index (χ1) is 9.47. The molecule has 0 fully saturated rings. The van der Waals surface area contributed by atoms with E-state index in [0.29, 0.717) is 20.3 Å². The summed E-state index contributed by atoms with van der Waals surface area (Å²) in [6.45, 7) is -5.42. The van der Waals surface area contributed by atoms with Crippen LogP contribution in [0.3, 0.4) is 0 Å². The van der Waals surface area contributed by atoms with Crippen LogP contribution in [0.2, 0.25) is 0 Å². The molecule has 1 N–H and O–H groups in total. The Morgan fingerprint density at radius 3 is 1.70 bits per heavy atom. The first-order valence-electron chi connectivity index (χ1n) is 5.27. The lowest BCUT2D eigenvalue weighted by Gasteiger charge is -1.94. The van der Waals surface area contributed by atoms with E-state index >= 15 is 0 Å². The Morgan fingerprint density at radius 2 is 1.45 bits per heavy atom. The summed E-state index contributed by atoms with van der Waals surface area (Å²) in [5, 5.41) is 15.7. The van der Waals surface area contributed by atoms with Gasteiger partial charge in [0.15, 0.2) is 0 Å². The van der Waals surface area contributed by atoms with Crippen molar-refractivity contribution in [1.82, 2.24) is 19.6 Å². The van der Waals surface area contributed by atoms with Crippen LogP contribution in [0.5, 0.6) is 0 Å². The molecule has 0 amide bonds. The number of aromatic nitrogens is 4. The molecular formula is C10H11BrF4N4O. The zero-order chi connectivity index (χ0) is 15.1. The summed E-state index contributed by atoms with van der Waals surface area (Å²) in [4.78, 5) is 0. The summed E-state index contributed by atoms with van der Waals surface area (Å²) in [6, 6.07) is 0. The van der Waals surface area contributed by atoms with Crippen molar-refractivity contribution in [1.29, 1.82) is 0 Å². The third-order valence-electron chi connectivity index (χ3n) is 2.05. The molecule has 0 aliphatic heterocycles. The Labute approximate surface area is 119 Å². The van der Waals surface area contributed by atoms with Crippen LogP contribution in [-0.4, -0.2) is 24.7 Å². The first-order valence-corrected chi connectivity index (χ1v) is 6.39. The van der Waals surface area contributed by atoms with Crippen LogP contribution in [0.25, 0.3) is 0 Å². The topological polar surface area (TPSA) is 55.9 Å². The molecule has 2 rings (SSSR count). The molecule has 2 heterocycles.